The molecule has 0 fully saturated rings. The maximum atomic E-state index is 13.3. The Morgan fingerprint density at radius 1 is 1.03 bits per heavy atom. The fourth-order valence-electron chi connectivity index (χ4n) is 4.48. The van der Waals surface area contributed by atoms with E-state index in [1.807, 2.05) is 16.7 Å². The molecule has 0 radical (unpaired) electrons. The second-order valence-electron chi connectivity index (χ2n) is 7.82. The highest BCUT2D eigenvalue weighted by Crippen LogP contribution is 2.43. The normalized spacial score (nSPS) is 15.8. The van der Waals surface area contributed by atoms with Crippen molar-refractivity contribution >= 4 is 22.5 Å². The average molecular weight is 454 g/mol. The van der Waals surface area contributed by atoms with Gasteiger partial charge in [0.1, 0.15) is 17.6 Å². The topological polar surface area (TPSA) is 98.6 Å². The number of hydrogen-bond donors (Lipinski definition) is 2. The molecule has 3 heterocycles. The van der Waals surface area contributed by atoms with E-state index in [0.717, 1.165) is 10.1 Å². The smallest absolute Gasteiger partial charge is 0.331 e. The first-order valence-corrected chi connectivity index (χ1v) is 10.4. The number of ether oxygens (including phenoxy) is 1. The average Bonchev–Trinajstić information content (AvgIpc) is 3.12. The highest BCUT2D eigenvalue weighted by Gasteiger charge is 2.34. The van der Waals surface area contributed by atoms with Crippen LogP contribution in [0, 0.1) is 0 Å². The van der Waals surface area contributed by atoms with Gasteiger partial charge in [0.15, 0.2) is 0 Å². The van der Waals surface area contributed by atoms with Crippen LogP contribution in [0.5, 0.6) is 11.5 Å². The van der Waals surface area contributed by atoms with Crippen LogP contribution in [-0.4, -0.2) is 30.5 Å². The molecule has 4 aromatic rings. The Labute approximate surface area is 187 Å². The number of halogens is 1. The van der Waals surface area contributed by atoms with Crippen molar-refractivity contribution in [2.45, 2.75) is 12.6 Å². The molecule has 0 bridgehead atoms. The van der Waals surface area contributed by atoms with Gasteiger partial charge < -0.3 is 19.5 Å². The predicted molar refractivity (Wildman–Crippen MR) is 120 cm³/mol. The van der Waals surface area contributed by atoms with E-state index in [-0.39, 0.29) is 11.5 Å². The third kappa shape index (κ3) is 2.87. The Kier molecular flexibility index (Phi) is 4.65. The molecule has 1 atom stereocenters. The molecule has 2 aromatic heterocycles. The summed E-state index contributed by atoms with van der Waals surface area (Å²) in [5.41, 5.74) is 2.03. The van der Waals surface area contributed by atoms with Gasteiger partial charge in [0.25, 0.3) is 5.56 Å². The predicted octanol–water partition coefficient (Wildman–Crippen LogP) is 2.89. The van der Waals surface area contributed by atoms with Gasteiger partial charge in [0, 0.05) is 37.3 Å². The number of nitrogens with zero attached hydrogens (tertiary/aromatic N) is 3. The van der Waals surface area contributed by atoms with E-state index < -0.39 is 17.4 Å². The Bertz CT molecular complexity index is 1500. The molecule has 0 amide bonds. The summed E-state index contributed by atoms with van der Waals surface area (Å²) in [6.45, 7) is 0.780. The molecular weight excluding hydrogens is 434 g/mol. The van der Waals surface area contributed by atoms with Crippen LogP contribution >= 0.6 is 11.6 Å². The van der Waals surface area contributed by atoms with Crippen LogP contribution in [0.4, 0.5) is 0 Å². The zero-order valence-corrected chi connectivity index (χ0v) is 18.1. The summed E-state index contributed by atoms with van der Waals surface area (Å²) in [6, 6.07) is 11.4. The van der Waals surface area contributed by atoms with E-state index in [4.69, 9.17) is 16.3 Å². The van der Waals surface area contributed by atoms with Gasteiger partial charge in [-0.15, -0.1) is 0 Å². The summed E-state index contributed by atoms with van der Waals surface area (Å²) >= 11 is 6.08. The zero-order valence-electron chi connectivity index (χ0n) is 17.4. The van der Waals surface area contributed by atoms with Crippen LogP contribution in [0.2, 0.25) is 5.02 Å². The van der Waals surface area contributed by atoms with Crippen LogP contribution in [0.25, 0.3) is 22.2 Å². The molecule has 32 heavy (non-hydrogen) atoms. The van der Waals surface area contributed by atoms with Gasteiger partial charge in [-0.3, -0.25) is 13.9 Å². The number of phenols is 2. The number of fused-ring (bicyclic) bond motifs is 3. The second kappa shape index (κ2) is 7.29. The van der Waals surface area contributed by atoms with E-state index in [1.165, 1.54) is 23.7 Å². The number of benzene rings is 2. The minimum atomic E-state index is -0.745. The molecule has 164 valence electrons. The van der Waals surface area contributed by atoms with Crippen LogP contribution in [0.1, 0.15) is 17.4 Å². The molecule has 1 unspecified atom stereocenters. The number of hydrogen-bond acceptors (Lipinski definition) is 5. The molecule has 1 aliphatic rings. The lowest BCUT2D eigenvalue weighted by molar-refractivity contribution is 0.0464. The lowest BCUT2D eigenvalue weighted by atomic mass is 10.0. The summed E-state index contributed by atoms with van der Waals surface area (Å²) in [5.74, 6) is -0.218. The fraction of sp³-hybridized carbons (Fsp3) is 0.217. The minimum Gasteiger partial charge on any atom is -0.508 e. The summed E-state index contributed by atoms with van der Waals surface area (Å²) < 4.78 is 10.5. The molecule has 5 rings (SSSR count). The van der Waals surface area contributed by atoms with Gasteiger partial charge in [-0.05, 0) is 29.8 Å². The van der Waals surface area contributed by atoms with Gasteiger partial charge >= 0.3 is 5.69 Å². The molecule has 1 aliphatic heterocycles. The van der Waals surface area contributed by atoms with Crippen molar-refractivity contribution in [1.29, 1.82) is 0 Å². The summed E-state index contributed by atoms with van der Waals surface area (Å²) in [6.07, 6.45) is -0.745. The van der Waals surface area contributed by atoms with Crippen molar-refractivity contribution in [3.8, 4) is 22.8 Å². The molecule has 2 aromatic carbocycles. The van der Waals surface area contributed by atoms with Crippen molar-refractivity contribution in [3.05, 3.63) is 79.6 Å². The van der Waals surface area contributed by atoms with E-state index in [0.29, 0.717) is 46.0 Å². The van der Waals surface area contributed by atoms with Crippen LogP contribution in [0.3, 0.4) is 0 Å². The highest BCUT2D eigenvalue weighted by molar-refractivity contribution is 6.30. The molecule has 0 spiro atoms. The van der Waals surface area contributed by atoms with E-state index in [1.54, 1.807) is 25.2 Å². The molecular formula is C23H20ClN3O5. The zero-order chi connectivity index (χ0) is 22.7. The van der Waals surface area contributed by atoms with Gasteiger partial charge in [0.2, 0.25) is 0 Å². The maximum Gasteiger partial charge on any atom is 0.331 e. The van der Waals surface area contributed by atoms with Gasteiger partial charge in [-0.2, -0.15) is 0 Å². The first-order valence-electron chi connectivity index (χ1n) is 10.0. The van der Waals surface area contributed by atoms with Gasteiger partial charge in [-0.25, -0.2) is 4.79 Å². The van der Waals surface area contributed by atoms with Crippen LogP contribution in [-0.2, 0) is 25.4 Å². The Morgan fingerprint density at radius 2 is 1.75 bits per heavy atom. The van der Waals surface area contributed by atoms with Crippen molar-refractivity contribution < 1.29 is 14.9 Å². The van der Waals surface area contributed by atoms with Gasteiger partial charge in [0.05, 0.1) is 28.9 Å². The molecule has 8 nitrogen and oxygen atoms in total. The molecule has 9 heteroatoms. The number of aromatic nitrogens is 3. The molecule has 2 N–H and O–H groups in total. The molecule has 0 saturated carbocycles. The molecule has 0 saturated heterocycles. The fourth-order valence-corrected chi connectivity index (χ4v) is 4.60. The monoisotopic (exact) mass is 453 g/mol. The Morgan fingerprint density at radius 3 is 2.44 bits per heavy atom. The van der Waals surface area contributed by atoms with Crippen molar-refractivity contribution in [1.82, 2.24) is 13.7 Å². The van der Waals surface area contributed by atoms with Crippen LogP contribution in [0.15, 0.2) is 52.1 Å². The summed E-state index contributed by atoms with van der Waals surface area (Å²) in [7, 11) is 3.06. The van der Waals surface area contributed by atoms with E-state index in [2.05, 4.69) is 0 Å². The highest BCUT2D eigenvalue weighted by atomic mass is 35.5. The Balaban J connectivity index is 1.94. The number of rotatable bonds is 2. The van der Waals surface area contributed by atoms with E-state index >= 15 is 0 Å². The number of aryl methyl sites for hydroxylation is 1. The first kappa shape index (κ1) is 20.4. The van der Waals surface area contributed by atoms with Crippen molar-refractivity contribution in [3.63, 3.8) is 0 Å². The number of phenolic OH excluding ortho intramolecular Hbond substituents is 2. The standard InChI is InChI=1S/C23H20ClN3O5/c1-25-19-17(22(30)26(2)23(25)31)18(12-3-5-13(24)6-4-12)27-9-10-32-21(20(19)27)15-8-7-14(28)11-16(15)29/h3-8,11,21,28-29H,9-10H2,1-2H3. The third-order valence-corrected chi connectivity index (χ3v) is 6.22. The third-order valence-electron chi connectivity index (χ3n) is 5.97. The van der Waals surface area contributed by atoms with Crippen LogP contribution < -0.4 is 11.2 Å². The van der Waals surface area contributed by atoms with E-state index in [9.17, 15) is 19.8 Å². The summed E-state index contributed by atoms with van der Waals surface area (Å²) in [4.78, 5) is 26.1. The summed E-state index contributed by atoms with van der Waals surface area (Å²) in [5, 5.41) is 21.2. The van der Waals surface area contributed by atoms with Gasteiger partial charge in [-0.1, -0.05) is 23.7 Å². The minimum absolute atomic E-state index is 0.0783. The molecule has 0 aliphatic carbocycles. The quantitative estimate of drug-likeness (QED) is 0.486. The van der Waals surface area contributed by atoms with Crippen molar-refractivity contribution in [2.24, 2.45) is 14.1 Å². The Hall–Kier alpha value is -3.49. The largest absolute Gasteiger partial charge is 0.508 e. The first-order chi connectivity index (χ1) is 15.3. The lowest BCUT2D eigenvalue weighted by Gasteiger charge is -2.28. The van der Waals surface area contributed by atoms with Crippen molar-refractivity contribution in [2.75, 3.05) is 6.61 Å². The maximum absolute atomic E-state index is 13.3. The SMILES string of the molecule is Cn1c(=O)c2c(-c3ccc(Cl)cc3)n3c(c2n(C)c1=O)C(c1ccc(O)cc1O)OCC3. The second-order valence-corrected chi connectivity index (χ2v) is 8.25. The lowest BCUT2D eigenvalue weighted by Crippen LogP contribution is -2.37. The number of aromatic hydroxyl groups is 2.